The third-order valence-corrected chi connectivity index (χ3v) is 2.02. The Labute approximate surface area is 55.4 Å². The highest BCUT2D eigenvalue weighted by atomic mass is 15.5. The van der Waals surface area contributed by atoms with Crippen molar-refractivity contribution in [2.45, 2.75) is 6.17 Å². The Hall–Kier alpha value is -0.120. The van der Waals surface area contributed by atoms with Crippen molar-refractivity contribution in [3.05, 3.63) is 0 Å². The molecule has 0 aromatic heterocycles. The zero-order valence-electron chi connectivity index (χ0n) is 5.58. The van der Waals surface area contributed by atoms with Crippen LogP contribution in [-0.2, 0) is 0 Å². The van der Waals surface area contributed by atoms with Gasteiger partial charge in [-0.3, -0.25) is 9.80 Å². The zero-order chi connectivity index (χ0) is 6.27. The number of hydrogen-bond acceptors (Lipinski definition) is 3. The van der Waals surface area contributed by atoms with Crippen molar-refractivity contribution in [2.75, 3.05) is 32.7 Å². The van der Waals surface area contributed by atoms with Gasteiger partial charge in [-0.25, -0.2) is 0 Å². The summed E-state index contributed by atoms with van der Waals surface area (Å²) in [5.41, 5.74) is 5.57. The van der Waals surface area contributed by atoms with E-state index in [4.69, 9.17) is 5.73 Å². The van der Waals surface area contributed by atoms with Crippen LogP contribution in [0.4, 0.5) is 0 Å². The quantitative estimate of drug-likeness (QED) is 0.488. The lowest BCUT2D eigenvalue weighted by molar-refractivity contribution is 0.256. The lowest BCUT2D eigenvalue weighted by Gasteiger charge is -2.15. The van der Waals surface area contributed by atoms with Crippen molar-refractivity contribution in [1.82, 2.24) is 9.80 Å². The maximum atomic E-state index is 5.57. The first-order valence-electron chi connectivity index (χ1n) is 3.60. The normalized spacial score (nSPS) is 27.3. The molecule has 2 saturated heterocycles. The lowest BCUT2D eigenvalue weighted by Crippen LogP contribution is -2.35. The third-order valence-electron chi connectivity index (χ3n) is 2.02. The molecule has 2 heterocycles. The Bertz CT molecular complexity index is 94.9. The molecule has 0 saturated carbocycles. The van der Waals surface area contributed by atoms with Gasteiger partial charge in [0.15, 0.2) is 0 Å². The van der Waals surface area contributed by atoms with Crippen LogP contribution in [0, 0.1) is 0 Å². The summed E-state index contributed by atoms with van der Waals surface area (Å²) in [5.74, 6) is 0. The Morgan fingerprint density at radius 1 is 1.11 bits per heavy atom. The molecular formula is C6H13N3. The van der Waals surface area contributed by atoms with Crippen molar-refractivity contribution >= 4 is 0 Å². The van der Waals surface area contributed by atoms with Gasteiger partial charge in [0.2, 0.25) is 0 Å². The predicted molar refractivity (Wildman–Crippen MR) is 36.0 cm³/mol. The summed E-state index contributed by atoms with van der Waals surface area (Å²) in [6.07, 6.45) is 0.588. The average Bonchev–Trinajstić information content (AvgIpc) is 2.61. The highest BCUT2D eigenvalue weighted by molar-refractivity contribution is 4.89. The van der Waals surface area contributed by atoms with Gasteiger partial charge in [0.1, 0.15) is 0 Å². The first-order chi connectivity index (χ1) is 4.42. The molecule has 2 aliphatic heterocycles. The zero-order valence-corrected chi connectivity index (χ0v) is 5.58. The summed E-state index contributed by atoms with van der Waals surface area (Å²) < 4.78 is 0. The van der Waals surface area contributed by atoms with Crippen LogP contribution < -0.4 is 5.73 Å². The van der Waals surface area contributed by atoms with E-state index in [1.807, 2.05) is 0 Å². The maximum Gasteiger partial charge on any atom is 0.0750 e. The van der Waals surface area contributed by atoms with Crippen LogP contribution in [0.25, 0.3) is 0 Å². The molecule has 52 valence electrons. The molecule has 9 heavy (non-hydrogen) atoms. The first-order valence-corrected chi connectivity index (χ1v) is 3.60. The largest absolute Gasteiger partial charge is 0.328 e. The summed E-state index contributed by atoms with van der Waals surface area (Å²) in [6.45, 7) is 5.85. The summed E-state index contributed by atoms with van der Waals surface area (Å²) >= 11 is 0. The van der Waals surface area contributed by atoms with Crippen molar-refractivity contribution in [2.24, 2.45) is 5.73 Å². The van der Waals surface area contributed by atoms with Crippen molar-refractivity contribution < 1.29 is 0 Å². The minimum absolute atomic E-state index is 0.588. The summed E-state index contributed by atoms with van der Waals surface area (Å²) in [5, 5.41) is 0. The minimum Gasteiger partial charge on any atom is -0.328 e. The van der Waals surface area contributed by atoms with Crippen LogP contribution in [0.1, 0.15) is 0 Å². The Balaban J connectivity index is 1.85. The van der Waals surface area contributed by atoms with E-state index < -0.39 is 0 Å². The van der Waals surface area contributed by atoms with Crippen LogP contribution in [0.15, 0.2) is 0 Å². The molecule has 0 aromatic carbocycles. The number of nitrogens with two attached hydrogens (primary N) is 1. The number of hydrogen-bond donors (Lipinski definition) is 1. The molecule has 0 aromatic rings. The monoisotopic (exact) mass is 127 g/mol. The Morgan fingerprint density at radius 2 is 1.56 bits per heavy atom. The van der Waals surface area contributed by atoms with Gasteiger partial charge in [-0.15, -0.1) is 0 Å². The molecular weight excluding hydrogens is 114 g/mol. The molecule has 2 fully saturated rings. The molecule has 2 N–H and O–H groups in total. The Kier molecular flexibility index (Phi) is 1.22. The molecule has 0 aliphatic carbocycles. The van der Waals surface area contributed by atoms with Crippen LogP contribution in [0.5, 0.6) is 0 Å². The Morgan fingerprint density at radius 3 is 1.78 bits per heavy atom. The second-order valence-electron chi connectivity index (χ2n) is 2.79. The van der Waals surface area contributed by atoms with E-state index in [9.17, 15) is 0 Å². The van der Waals surface area contributed by atoms with E-state index in [2.05, 4.69) is 9.80 Å². The van der Waals surface area contributed by atoms with Gasteiger partial charge in [0, 0.05) is 32.7 Å². The predicted octanol–water partition coefficient (Wildman–Crippen LogP) is -1.10. The van der Waals surface area contributed by atoms with Gasteiger partial charge in [-0.2, -0.15) is 0 Å². The lowest BCUT2D eigenvalue weighted by atomic mass is 10.5. The molecule has 0 unspecified atom stereocenters. The van der Waals surface area contributed by atoms with E-state index in [0.29, 0.717) is 6.17 Å². The van der Waals surface area contributed by atoms with Gasteiger partial charge in [0.05, 0.1) is 6.17 Å². The van der Waals surface area contributed by atoms with Gasteiger partial charge in [-0.05, 0) is 0 Å². The second kappa shape index (κ2) is 1.94. The van der Waals surface area contributed by atoms with E-state index in [1.165, 1.54) is 26.2 Å². The van der Waals surface area contributed by atoms with Crippen LogP contribution in [0.3, 0.4) is 0 Å². The van der Waals surface area contributed by atoms with E-state index in [0.717, 1.165) is 6.54 Å². The standard InChI is InChI=1S/C6H13N3/c7-5-6(8-1-2-8)9-3-4-9/h6H,1-5,7H2. The molecule has 3 nitrogen and oxygen atoms in total. The van der Waals surface area contributed by atoms with Crippen molar-refractivity contribution in [1.29, 1.82) is 0 Å². The minimum atomic E-state index is 0.588. The molecule has 2 aliphatic rings. The fourth-order valence-corrected chi connectivity index (χ4v) is 1.24. The molecule has 0 atom stereocenters. The fraction of sp³-hybridized carbons (Fsp3) is 1.00. The molecule has 0 bridgehead atoms. The molecule has 0 radical (unpaired) electrons. The topological polar surface area (TPSA) is 32.0 Å². The fourth-order valence-electron chi connectivity index (χ4n) is 1.24. The van der Waals surface area contributed by atoms with Gasteiger partial charge in [0.25, 0.3) is 0 Å². The third kappa shape index (κ3) is 1.08. The van der Waals surface area contributed by atoms with Gasteiger partial charge in [-0.1, -0.05) is 0 Å². The van der Waals surface area contributed by atoms with Gasteiger partial charge >= 0.3 is 0 Å². The highest BCUT2D eigenvalue weighted by Gasteiger charge is 2.35. The average molecular weight is 127 g/mol. The summed E-state index contributed by atoms with van der Waals surface area (Å²) in [4.78, 5) is 4.82. The number of rotatable bonds is 3. The van der Waals surface area contributed by atoms with Crippen molar-refractivity contribution in [3.63, 3.8) is 0 Å². The second-order valence-corrected chi connectivity index (χ2v) is 2.79. The first kappa shape index (κ1) is 5.65. The highest BCUT2D eigenvalue weighted by Crippen LogP contribution is 2.18. The summed E-state index contributed by atoms with van der Waals surface area (Å²) in [7, 11) is 0. The number of nitrogens with zero attached hydrogens (tertiary/aromatic N) is 2. The molecule has 0 spiro atoms. The SMILES string of the molecule is NCC(N1CC1)N1CC1. The van der Waals surface area contributed by atoms with Gasteiger partial charge < -0.3 is 5.73 Å². The summed E-state index contributed by atoms with van der Waals surface area (Å²) in [6, 6.07) is 0. The van der Waals surface area contributed by atoms with Crippen LogP contribution in [0.2, 0.25) is 0 Å². The van der Waals surface area contributed by atoms with Crippen LogP contribution >= 0.6 is 0 Å². The van der Waals surface area contributed by atoms with E-state index in [-0.39, 0.29) is 0 Å². The van der Waals surface area contributed by atoms with Crippen molar-refractivity contribution in [3.8, 4) is 0 Å². The van der Waals surface area contributed by atoms with E-state index >= 15 is 0 Å². The maximum absolute atomic E-state index is 5.57. The molecule has 2 rings (SSSR count). The van der Waals surface area contributed by atoms with Crippen LogP contribution in [-0.4, -0.2) is 48.7 Å². The molecule has 0 amide bonds. The molecule has 3 heteroatoms. The smallest absolute Gasteiger partial charge is 0.0750 e. The van der Waals surface area contributed by atoms with E-state index in [1.54, 1.807) is 0 Å².